The van der Waals surface area contributed by atoms with Gasteiger partial charge in [-0.15, -0.1) is 0 Å². The van der Waals surface area contributed by atoms with Crippen molar-refractivity contribution >= 4 is 29.2 Å². The summed E-state index contributed by atoms with van der Waals surface area (Å²) >= 11 is 5.91. The lowest BCUT2D eigenvalue weighted by atomic mass is 9.79. The summed E-state index contributed by atoms with van der Waals surface area (Å²) in [6.07, 6.45) is -3.25. The molecule has 2 aliphatic carbocycles. The van der Waals surface area contributed by atoms with Gasteiger partial charge in [0.15, 0.2) is 0 Å². The van der Waals surface area contributed by atoms with Gasteiger partial charge in [0.25, 0.3) is 0 Å². The second-order valence-corrected chi connectivity index (χ2v) is 7.01. The molecular weight excluding hydrogens is 347 g/mol. The minimum Gasteiger partial charge on any atom is -0.462 e. The molecule has 2 bridgehead atoms. The molecule has 1 aliphatic heterocycles. The number of hydrogen-bond donors (Lipinski definition) is 1. The lowest BCUT2D eigenvalue weighted by Crippen LogP contribution is -2.36. The molecule has 5 atom stereocenters. The average molecular weight is 360 g/mol. The van der Waals surface area contributed by atoms with Crippen LogP contribution in [0.3, 0.4) is 0 Å². The van der Waals surface area contributed by atoms with Gasteiger partial charge in [-0.05, 0) is 37.0 Å². The molecule has 3 aliphatic rings. The number of carbonyl (C=O) groups is 2. The SMILES string of the molecule is O=C(Nc1cc(C(F)(F)F)ccc1Cl)[C@H]1[C@@H]2C[C@H]3[C@@H]1C(=O)O[C@@H]3C2. The van der Waals surface area contributed by atoms with Gasteiger partial charge in [0, 0.05) is 5.92 Å². The van der Waals surface area contributed by atoms with Crippen LogP contribution in [0.5, 0.6) is 0 Å². The summed E-state index contributed by atoms with van der Waals surface area (Å²) < 4.78 is 43.7. The van der Waals surface area contributed by atoms with Crippen LogP contribution in [0.15, 0.2) is 18.2 Å². The number of rotatable bonds is 2. The minimum absolute atomic E-state index is 0.0198. The quantitative estimate of drug-likeness (QED) is 0.822. The van der Waals surface area contributed by atoms with E-state index in [0.29, 0.717) is 6.42 Å². The molecule has 4 rings (SSSR count). The zero-order valence-electron chi connectivity index (χ0n) is 12.3. The zero-order valence-corrected chi connectivity index (χ0v) is 13.0. The van der Waals surface area contributed by atoms with Crippen molar-refractivity contribution in [2.24, 2.45) is 23.7 Å². The molecule has 1 N–H and O–H groups in total. The van der Waals surface area contributed by atoms with Gasteiger partial charge in [0.2, 0.25) is 5.91 Å². The van der Waals surface area contributed by atoms with Crippen LogP contribution in [0.2, 0.25) is 5.02 Å². The number of halogens is 4. The van der Waals surface area contributed by atoms with Crippen molar-refractivity contribution in [1.29, 1.82) is 0 Å². The van der Waals surface area contributed by atoms with Crippen molar-refractivity contribution in [1.82, 2.24) is 0 Å². The van der Waals surface area contributed by atoms with E-state index in [2.05, 4.69) is 5.32 Å². The van der Waals surface area contributed by atoms with E-state index >= 15 is 0 Å². The predicted octanol–water partition coefficient (Wildman–Crippen LogP) is 3.49. The molecule has 0 radical (unpaired) electrons. The Kier molecular flexibility index (Phi) is 3.36. The van der Waals surface area contributed by atoms with Crippen LogP contribution in [-0.4, -0.2) is 18.0 Å². The topological polar surface area (TPSA) is 55.4 Å². The van der Waals surface area contributed by atoms with Gasteiger partial charge in [0.05, 0.1) is 28.1 Å². The normalized spacial score (nSPS) is 33.7. The summed E-state index contributed by atoms with van der Waals surface area (Å²) in [4.78, 5) is 24.5. The van der Waals surface area contributed by atoms with E-state index in [9.17, 15) is 22.8 Å². The van der Waals surface area contributed by atoms with Crippen LogP contribution in [0.4, 0.5) is 18.9 Å². The van der Waals surface area contributed by atoms with Gasteiger partial charge in [-0.1, -0.05) is 11.6 Å². The molecule has 3 fully saturated rings. The third kappa shape index (κ3) is 2.29. The maximum Gasteiger partial charge on any atom is 0.416 e. The van der Waals surface area contributed by atoms with Crippen LogP contribution >= 0.6 is 11.6 Å². The van der Waals surface area contributed by atoms with E-state index in [4.69, 9.17) is 16.3 Å². The summed E-state index contributed by atoms with van der Waals surface area (Å²) in [7, 11) is 0. The Morgan fingerprint density at radius 1 is 1.29 bits per heavy atom. The zero-order chi connectivity index (χ0) is 17.2. The fraction of sp³-hybridized carbons (Fsp3) is 0.500. The Bertz CT molecular complexity index is 734. The number of fused-ring (bicyclic) bond motifs is 1. The molecule has 1 amide bonds. The van der Waals surface area contributed by atoms with Gasteiger partial charge in [0.1, 0.15) is 6.10 Å². The van der Waals surface area contributed by atoms with Crippen molar-refractivity contribution < 1.29 is 27.5 Å². The van der Waals surface area contributed by atoms with Gasteiger partial charge >= 0.3 is 12.1 Å². The molecule has 1 aromatic rings. The van der Waals surface area contributed by atoms with E-state index in [1.807, 2.05) is 0 Å². The molecule has 24 heavy (non-hydrogen) atoms. The first kappa shape index (κ1) is 15.7. The van der Waals surface area contributed by atoms with Gasteiger partial charge < -0.3 is 10.1 Å². The van der Waals surface area contributed by atoms with Crippen LogP contribution < -0.4 is 5.32 Å². The Hall–Kier alpha value is -1.76. The smallest absolute Gasteiger partial charge is 0.416 e. The first-order chi connectivity index (χ1) is 11.3. The number of alkyl halides is 3. The highest BCUT2D eigenvalue weighted by molar-refractivity contribution is 6.33. The monoisotopic (exact) mass is 359 g/mol. The van der Waals surface area contributed by atoms with E-state index < -0.39 is 29.5 Å². The van der Waals surface area contributed by atoms with Crippen molar-refractivity contribution in [2.75, 3.05) is 5.32 Å². The average Bonchev–Trinajstić information content (AvgIpc) is 3.09. The summed E-state index contributed by atoms with van der Waals surface area (Å²) in [5, 5.41) is 2.49. The number of anilines is 1. The second kappa shape index (κ2) is 5.12. The number of amides is 1. The van der Waals surface area contributed by atoms with Crippen molar-refractivity contribution in [3.63, 3.8) is 0 Å². The van der Waals surface area contributed by atoms with E-state index in [0.717, 1.165) is 24.6 Å². The molecule has 1 heterocycles. The summed E-state index contributed by atoms with van der Waals surface area (Å²) in [5.74, 6) is -1.81. The highest BCUT2D eigenvalue weighted by atomic mass is 35.5. The molecule has 4 nitrogen and oxygen atoms in total. The Balaban J connectivity index is 1.58. The maximum atomic E-state index is 12.8. The molecule has 0 spiro atoms. The molecule has 1 aromatic carbocycles. The standard InChI is InChI=1S/C16H13ClF3NO3/c17-9-2-1-7(16(18,19)20)5-10(9)21-14(22)12-6-3-8-11(4-6)24-15(23)13(8)12/h1-2,5-6,8,11-13H,3-4H2,(H,21,22)/t6-,8-,11-,12+,13+/m1/s1. The predicted molar refractivity (Wildman–Crippen MR) is 78.2 cm³/mol. The van der Waals surface area contributed by atoms with Crippen molar-refractivity contribution in [3.8, 4) is 0 Å². The number of benzene rings is 1. The van der Waals surface area contributed by atoms with E-state index in [1.165, 1.54) is 0 Å². The van der Waals surface area contributed by atoms with Crippen LogP contribution in [0, 0.1) is 23.7 Å². The highest BCUT2D eigenvalue weighted by Gasteiger charge is 2.63. The van der Waals surface area contributed by atoms with Gasteiger partial charge in [-0.2, -0.15) is 13.2 Å². The number of hydrogen-bond acceptors (Lipinski definition) is 3. The molecule has 0 unspecified atom stereocenters. The second-order valence-electron chi connectivity index (χ2n) is 6.60. The number of nitrogens with one attached hydrogen (secondary N) is 1. The number of esters is 1. The Morgan fingerprint density at radius 2 is 2.04 bits per heavy atom. The first-order valence-electron chi connectivity index (χ1n) is 7.64. The third-order valence-corrected chi connectivity index (χ3v) is 5.67. The molecule has 1 saturated heterocycles. The Morgan fingerprint density at radius 3 is 2.75 bits per heavy atom. The molecule has 0 aromatic heterocycles. The summed E-state index contributed by atoms with van der Waals surface area (Å²) in [5.41, 5.74) is -0.988. The van der Waals surface area contributed by atoms with Crippen LogP contribution in [-0.2, 0) is 20.5 Å². The van der Waals surface area contributed by atoms with E-state index in [1.54, 1.807) is 0 Å². The minimum atomic E-state index is -4.53. The van der Waals surface area contributed by atoms with Crippen LogP contribution in [0.1, 0.15) is 18.4 Å². The molecular formula is C16H13ClF3NO3. The van der Waals surface area contributed by atoms with Crippen molar-refractivity contribution in [2.45, 2.75) is 25.1 Å². The van der Waals surface area contributed by atoms with E-state index in [-0.39, 0.29) is 34.6 Å². The number of carbonyl (C=O) groups excluding carboxylic acids is 2. The molecule has 2 saturated carbocycles. The first-order valence-corrected chi connectivity index (χ1v) is 8.01. The lowest BCUT2D eigenvalue weighted by molar-refractivity contribution is -0.145. The molecule has 128 valence electrons. The lowest BCUT2D eigenvalue weighted by Gasteiger charge is -2.24. The van der Waals surface area contributed by atoms with Gasteiger partial charge in [-0.3, -0.25) is 9.59 Å². The largest absolute Gasteiger partial charge is 0.462 e. The van der Waals surface area contributed by atoms with Crippen LogP contribution in [0.25, 0.3) is 0 Å². The highest BCUT2D eigenvalue weighted by Crippen LogP contribution is 2.57. The fourth-order valence-corrected chi connectivity index (χ4v) is 4.54. The van der Waals surface area contributed by atoms with Crippen molar-refractivity contribution in [3.05, 3.63) is 28.8 Å². The maximum absolute atomic E-state index is 12.8. The number of ether oxygens (including phenoxy) is 1. The summed E-state index contributed by atoms with van der Waals surface area (Å²) in [6.45, 7) is 0. The summed E-state index contributed by atoms with van der Waals surface area (Å²) in [6, 6.07) is 2.76. The third-order valence-electron chi connectivity index (χ3n) is 5.34. The Labute approximate surface area is 140 Å². The fourth-order valence-electron chi connectivity index (χ4n) is 4.38. The molecule has 8 heteroatoms. The van der Waals surface area contributed by atoms with Gasteiger partial charge in [-0.25, -0.2) is 0 Å².